The lowest BCUT2D eigenvalue weighted by molar-refractivity contribution is 0.254. The molecule has 8 nitrogen and oxygen atoms in total. The van der Waals surface area contributed by atoms with Crippen LogP contribution in [0.4, 0.5) is 15.6 Å². The van der Waals surface area contributed by atoms with Crippen molar-refractivity contribution in [1.29, 1.82) is 0 Å². The first-order valence-electron chi connectivity index (χ1n) is 6.73. The number of urea groups is 1. The van der Waals surface area contributed by atoms with Crippen LogP contribution in [0.3, 0.4) is 0 Å². The zero-order valence-corrected chi connectivity index (χ0v) is 13.8. The van der Waals surface area contributed by atoms with Gasteiger partial charge in [0.1, 0.15) is 0 Å². The van der Waals surface area contributed by atoms with E-state index in [0.29, 0.717) is 10.8 Å². The van der Waals surface area contributed by atoms with Crippen LogP contribution in [-0.4, -0.2) is 19.4 Å². The average molecular weight is 363 g/mol. The third kappa shape index (κ3) is 3.79. The van der Waals surface area contributed by atoms with E-state index < -0.39 is 16.1 Å². The van der Waals surface area contributed by atoms with Gasteiger partial charge in [-0.25, -0.2) is 23.3 Å². The normalized spacial score (nSPS) is 11.2. The fraction of sp³-hybridized carbons (Fsp3) is 0. The van der Waals surface area contributed by atoms with Gasteiger partial charge in [0.25, 0.3) is 0 Å². The van der Waals surface area contributed by atoms with Crippen molar-refractivity contribution in [3.05, 3.63) is 48.5 Å². The molecule has 3 aromatic rings. The summed E-state index contributed by atoms with van der Waals surface area (Å²) in [6, 6.07) is 12.7. The Hall–Kier alpha value is -2.69. The number of aromatic nitrogens is 1. The van der Waals surface area contributed by atoms with E-state index >= 15 is 0 Å². The molecule has 0 fully saturated rings. The summed E-state index contributed by atoms with van der Waals surface area (Å²) in [5, 5.41) is 8.10. The number of primary sulfonamides is 1. The molecule has 0 atom stereocenters. The number of amides is 2. The standard InChI is InChI=1S/C14H13N5O3S2/c15-24(21,22)10-7-5-9(6-8-10)18-19-13(20)17-14-16-11-3-1-2-4-12(11)23-14/h1-8,18H,(H2,15,21,22)(H2,16,17,19,20). The van der Waals surface area contributed by atoms with E-state index in [-0.39, 0.29) is 4.90 Å². The summed E-state index contributed by atoms with van der Waals surface area (Å²) < 4.78 is 23.3. The number of nitrogens with one attached hydrogen (secondary N) is 3. The lowest BCUT2D eigenvalue weighted by Gasteiger charge is -2.08. The van der Waals surface area contributed by atoms with E-state index in [1.807, 2.05) is 24.3 Å². The van der Waals surface area contributed by atoms with Crippen molar-refractivity contribution < 1.29 is 13.2 Å². The summed E-state index contributed by atoms with van der Waals surface area (Å²) in [6.45, 7) is 0. The highest BCUT2D eigenvalue weighted by Crippen LogP contribution is 2.25. The van der Waals surface area contributed by atoms with Gasteiger partial charge in [-0.2, -0.15) is 0 Å². The zero-order chi connectivity index (χ0) is 17.2. The van der Waals surface area contributed by atoms with E-state index in [1.54, 1.807) is 0 Å². The lowest BCUT2D eigenvalue weighted by atomic mass is 10.3. The summed E-state index contributed by atoms with van der Waals surface area (Å²) in [5.74, 6) is 0. The molecule has 0 aliphatic rings. The Kier molecular flexibility index (Phi) is 4.34. The van der Waals surface area contributed by atoms with E-state index in [1.165, 1.54) is 35.6 Å². The molecule has 2 aromatic carbocycles. The number of sulfonamides is 1. The number of hydrogen-bond acceptors (Lipinski definition) is 6. The Morgan fingerprint density at radius 1 is 1.08 bits per heavy atom. The largest absolute Gasteiger partial charge is 0.339 e. The Balaban J connectivity index is 1.59. The number of hydrazine groups is 1. The number of thiazole rings is 1. The molecule has 1 heterocycles. The van der Waals surface area contributed by atoms with Gasteiger partial charge in [-0.3, -0.25) is 16.2 Å². The third-order valence-electron chi connectivity index (χ3n) is 3.02. The fourth-order valence-electron chi connectivity index (χ4n) is 1.91. The quantitative estimate of drug-likeness (QED) is 0.528. The molecule has 0 unspecified atom stereocenters. The molecule has 0 radical (unpaired) electrons. The highest BCUT2D eigenvalue weighted by molar-refractivity contribution is 7.89. The van der Waals surface area contributed by atoms with Crippen LogP contribution in [-0.2, 0) is 10.0 Å². The molecule has 5 N–H and O–H groups in total. The molecule has 0 aliphatic heterocycles. The molecule has 0 saturated carbocycles. The van der Waals surface area contributed by atoms with Crippen molar-refractivity contribution in [2.75, 3.05) is 10.7 Å². The summed E-state index contributed by atoms with van der Waals surface area (Å²) in [4.78, 5) is 16.1. The van der Waals surface area contributed by atoms with Crippen molar-refractivity contribution in [2.24, 2.45) is 5.14 Å². The molecule has 0 bridgehead atoms. The molecule has 1 aromatic heterocycles. The number of rotatable bonds is 4. The van der Waals surface area contributed by atoms with Crippen molar-refractivity contribution in [3.63, 3.8) is 0 Å². The Bertz CT molecular complexity index is 950. The minimum absolute atomic E-state index is 0.00743. The maximum Gasteiger partial charge on any atom is 0.339 e. The highest BCUT2D eigenvalue weighted by Gasteiger charge is 2.08. The minimum atomic E-state index is -3.74. The summed E-state index contributed by atoms with van der Waals surface area (Å²) in [6.07, 6.45) is 0. The molecule has 10 heteroatoms. The SMILES string of the molecule is NS(=O)(=O)c1ccc(NNC(=O)Nc2nc3ccccc3s2)cc1. The van der Waals surface area contributed by atoms with Crippen LogP contribution in [0.25, 0.3) is 10.2 Å². The Morgan fingerprint density at radius 3 is 2.46 bits per heavy atom. The summed E-state index contributed by atoms with van der Waals surface area (Å²) in [5.41, 5.74) is 6.40. The molecule has 2 amide bonds. The number of fused-ring (bicyclic) bond motifs is 1. The van der Waals surface area contributed by atoms with Gasteiger partial charge in [0.15, 0.2) is 5.13 Å². The van der Waals surface area contributed by atoms with E-state index in [9.17, 15) is 13.2 Å². The molecular formula is C14H13N5O3S2. The van der Waals surface area contributed by atoms with Gasteiger partial charge in [0.05, 0.1) is 20.8 Å². The number of anilines is 2. The number of benzene rings is 2. The van der Waals surface area contributed by atoms with Gasteiger partial charge < -0.3 is 0 Å². The van der Waals surface area contributed by atoms with Crippen molar-refractivity contribution in [1.82, 2.24) is 10.4 Å². The predicted molar refractivity (Wildman–Crippen MR) is 93.2 cm³/mol. The first-order chi connectivity index (χ1) is 11.4. The summed E-state index contributed by atoms with van der Waals surface area (Å²) >= 11 is 1.36. The number of hydrogen-bond donors (Lipinski definition) is 4. The predicted octanol–water partition coefficient (Wildman–Crippen LogP) is 2.09. The second kappa shape index (κ2) is 6.43. The lowest BCUT2D eigenvalue weighted by Crippen LogP contribution is -2.33. The van der Waals surface area contributed by atoms with Crippen LogP contribution in [0.1, 0.15) is 0 Å². The topological polar surface area (TPSA) is 126 Å². The van der Waals surface area contributed by atoms with Gasteiger partial charge in [-0.1, -0.05) is 23.5 Å². The van der Waals surface area contributed by atoms with Crippen molar-refractivity contribution in [3.8, 4) is 0 Å². The van der Waals surface area contributed by atoms with Crippen molar-refractivity contribution >= 4 is 48.4 Å². The highest BCUT2D eigenvalue weighted by atomic mass is 32.2. The Morgan fingerprint density at radius 2 is 1.79 bits per heavy atom. The number of carbonyl (C=O) groups is 1. The average Bonchev–Trinajstić information content (AvgIpc) is 2.94. The maximum absolute atomic E-state index is 11.9. The maximum atomic E-state index is 11.9. The molecule has 0 saturated heterocycles. The first kappa shape index (κ1) is 16.2. The molecule has 0 spiro atoms. The molecule has 124 valence electrons. The third-order valence-corrected chi connectivity index (χ3v) is 4.90. The van der Waals surface area contributed by atoms with Gasteiger partial charge in [-0.05, 0) is 36.4 Å². The first-order valence-corrected chi connectivity index (χ1v) is 9.09. The van der Waals surface area contributed by atoms with Gasteiger partial charge >= 0.3 is 6.03 Å². The van der Waals surface area contributed by atoms with Crippen LogP contribution in [0.5, 0.6) is 0 Å². The Labute approximate surface area is 141 Å². The molecule has 3 rings (SSSR count). The summed E-state index contributed by atoms with van der Waals surface area (Å²) in [7, 11) is -3.74. The minimum Gasteiger partial charge on any atom is -0.297 e. The molecule has 0 aliphatic carbocycles. The van der Waals surface area contributed by atoms with Crippen molar-refractivity contribution in [2.45, 2.75) is 4.90 Å². The van der Waals surface area contributed by atoms with E-state index in [0.717, 1.165) is 10.2 Å². The smallest absolute Gasteiger partial charge is 0.297 e. The second-order valence-electron chi connectivity index (χ2n) is 4.76. The van der Waals surface area contributed by atoms with Crippen LogP contribution in [0.2, 0.25) is 0 Å². The second-order valence-corrected chi connectivity index (χ2v) is 7.35. The number of nitrogens with zero attached hydrogens (tertiary/aromatic N) is 1. The number of para-hydroxylation sites is 1. The number of nitrogens with two attached hydrogens (primary N) is 1. The number of carbonyl (C=O) groups excluding carboxylic acids is 1. The van der Waals surface area contributed by atoms with E-state index in [4.69, 9.17) is 5.14 Å². The fourth-order valence-corrected chi connectivity index (χ4v) is 3.29. The van der Waals surface area contributed by atoms with Crippen LogP contribution in [0, 0.1) is 0 Å². The molecular weight excluding hydrogens is 350 g/mol. The molecule has 24 heavy (non-hydrogen) atoms. The van der Waals surface area contributed by atoms with Gasteiger partial charge in [-0.15, -0.1) is 0 Å². The van der Waals surface area contributed by atoms with Crippen LogP contribution < -0.4 is 21.3 Å². The van der Waals surface area contributed by atoms with E-state index in [2.05, 4.69) is 21.2 Å². The zero-order valence-electron chi connectivity index (χ0n) is 12.2. The monoisotopic (exact) mass is 363 g/mol. The van der Waals surface area contributed by atoms with Gasteiger partial charge in [0, 0.05) is 0 Å². The van der Waals surface area contributed by atoms with Crippen LogP contribution in [0.15, 0.2) is 53.4 Å². The van der Waals surface area contributed by atoms with Crippen LogP contribution >= 0.6 is 11.3 Å². The van der Waals surface area contributed by atoms with Gasteiger partial charge in [0.2, 0.25) is 10.0 Å².